The van der Waals surface area contributed by atoms with E-state index in [-0.39, 0.29) is 17.2 Å². The standard InChI is InChI=1S/C22H23ClN2O6S/c1-30-19-8-3-14(12-20(19)31-2)11-18(22(27)24-17-9-10-32(28,29)13-17)25-21(26)15-4-6-16(23)7-5-15/h3-8,11-12,17H,9-10,13H2,1-2H3,(H,24,27)(H,25,26)/b18-11-/t17-/m1/s1. The van der Waals surface area contributed by atoms with E-state index in [1.54, 1.807) is 30.3 Å². The molecule has 170 valence electrons. The molecule has 0 radical (unpaired) electrons. The number of carbonyl (C=O) groups is 2. The average Bonchev–Trinajstić information content (AvgIpc) is 3.11. The number of ether oxygens (including phenoxy) is 2. The third kappa shape index (κ3) is 6.02. The normalized spacial score (nSPS) is 17.5. The number of sulfone groups is 1. The van der Waals surface area contributed by atoms with E-state index in [0.717, 1.165) is 0 Å². The molecule has 2 aromatic rings. The van der Waals surface area contributed by atoms with Gasteiger partial charge in [-0.25, -0.2) is 8.42 Å². The molecular weight excluding hydrogens is 456 g/mol. The molecule has 2 aromatic carbocycles. The Morgan fingerprint density at radius 1 is 1.06 bits per heavy atom. The summed E-state index contributed by atoms with van der Waals surface area (Å²) in [6.07, 6.45) is 1.80. The fraction of sp³-hybridized carbons (Fsp3) is 0.273. The van der Waals surface area contributed by atoms with Crippen LogP contribution in [0.4, 0.5) is 0 Å². The minimum absolute atomic E-state index is 0.0177. The van der Waals surface area contributed by atoms with Gasteiger partial charge in [-0.1, -0.05) is 17.7 Å². The molecule has 2 N–H and O–H groups in total. The van der Waals surface area contributed by atoms with Gasteiger partial charge in [-0.15, -0.1) is 0 Å². The molecule has 1 aliphatic heterocycles. The van der Waals surface area contributed by atoms with Gasteiger partial charge in [0.2, 0.25) is 0 Å². The first-order valence-electron chi connectivity index (χ1n) is 9.72. The summed E-state index contributed by atoms with van der Waals surface area (Å²) < 4.78 is 34.0. The smallest absolute Gasteiger partial charge is 0.268 e. The molecule has 1 fully saturated rings. The fourth-order valence-corrected chi connectivity index (χ4v) is 5.03. The molecule has 10 heteroatoms. The number of carbonyl (C=O) groups excluding carboxylic acids is 2. The summed E-state index contributed by atoms with van der Waals surface area (Å²) >= 11 is 5.87. The van der Waals surface area contributed by atoms with Crippen molar-refractivity contribution in [1.29, 1.82) is 0 Å². The van der Waals surface area contributed by atoms with Crippen molar-refractivity contribution < 1.29 is 27.5 Å². The van der Waals surface area contributed by atoms with Crippen LogP contribution in [0.3, 0.4) is 0 Å². The Morgan fingerprint density at radius 2 is 1.75 bits per heavy atom. The van der Waals surface area contributed by atoms with Gasteiger partial charge in [-0.05, 0) is 54.5 Å². The Bertz CT molecular complexity index is 1150. The summed E-state index contributed by atoms with van der Waals surface area (Å²) in [7, 11) is -0.181. The van der Waals surface area contributed by atoms with Crippen LogP contribution in [0.2, 0.25) is 5.02 Å². The van der Waals surface area contributed by atoms with Crippen molar-refractivity contribution >= 4 is 39.3 Å². The second-order valence-electron chi connectivity index (χ2n) is 7.21. The average molecular weight is 479 g/mol. The number of amides is 2. The lowest BCUT2D eigenvalue weighted by Crippen LogP contribution is -2.41. The highest BCUT2D eigenvalue weighted by Gasteiger charge is 2.30. The van der Waals surface area contributed by atoms with E-state index in [0.29, 0.717) is 34.1 Å². The third-order valence-electron chi connectivity index (χ3n) is 4.89. The van der Waals surface area contributed by atoms with E-state index in [2.05, 4.69) is 10.6 Å². The van der Waals surface area contributed by atoms with Crippen molar-refractivity contribution in [2.24, 2.45) is 0 Å². The molecule has 8 nitrogen and oxygen atoms in total. The second kappa shape index (κ2) is 10.1. The number of hydrogen-bond acceptors (Lipinski definition) is 6. The van der Waals surface area contributed by atoms with E-state index >= 15 is 0 Å². The zero-order chi connectivity index (χ0) is 23.3. The SMILES string of the molecule is COc1ccc(/C=C(\NC(=O)c2ccc(Cl)cc2)C(=O)N[C@@H]2CCS(=O)(=O)C2)cc1OC. The first-order valence-corrected chi connectivity index (χ1v) is 11.9. The molecule has 1 aliphatic rings. The van der Waals surface area contributed by atoms with E-state index in [1.807, 2.05) is 0 Å². The number of nitrogens with one attached hydrogen (secondary N) is 2. The van der Waals surface area contributed by atoms with Gasteiger partial charge in [0.1, 0.15) is 5.70 Å². The summed E-state index contributed by atoms with van der Waals surface area (Å²) in [5.41, 5.74) is 0.841. The predicted molar refractivity (Wildman–Crippen MR) is 122 cm³/mol. The van der Waals surface area contributed by atoms with Gasteiger partial charge in [0.05, 0.1) is 25.7 Å². The van der Waals surface area contributed by atoms with Crippen molar-refractivity contribution in [3.63, 3.8) is 0 Å². The highest BCUT2D eigenvalue weighted by molar-refractivity contribution is 7.91. The maximum atomic E-state index is 12.9. The van der Waals surface area contributed by atoms with Crippen LogP contribution in [0.1, 0.15) is 22.3 Å². The number of rotatable bonds is 7. The molecule has 1 heterocycles. The van der Waals surface area contributed by atoms with E-state index in [4.69, 9.17) is 21.1 Å². The lowest BCUT2D eigenvalue weighted by molar-refractivity contribution is -0.118. The molecule has 0 saturated carbocycles. The van der Waals surface area contributed by atoms with Crippen molar-refractivity contribution in [1.82, 2.24) is 10.6 Å². The van der Waals surface area contributed by atoms with Gasteiger partial charge in [0.25, 0.3) is 11.8 Å². The summed E-state index contributed by atoms with van der Waals surface area (Å²) in [4.78, 5) is 25.7. The van der Waals surface area contributed by atoms with Gasteiger partial charge < -0.3 is 20.1 Å². The van der Waals surface area contributed by atoms with Gasteiger partial charge in [0, 0.05) is 16.6 Å². The van der Waals surface area contributed by atoms with Crippen molar-refractivity contribution in [3.8, 4) is 11.5 Å². The van der Waals surface area contributed by atoms with E-state index < -0.39 is 27.7 Å². The third-order valence-corrected chi connectivity index (χ3v) is 6.91. The van der Waals surface area contributed by atoms with Crippen LogP contribution in [-0.4, -0.2) is 52.0 Å². The molecule has 0 bridgehead atoms. The van der Waals surface area contributed by atoms with E-state index in [9.17, 15) is 18.0 Å². The second-order valence-corrected chi connectivity index (χ2v) is 9.87. The summed E-state index contributed by atoms with van der Waals surface area (Å²) in [5.74, 6) is -0.257. The molecule has 1 atom stereocenters. The molecule has 0 spiro atoms. The van der Waals surface area contributed by atoms with Crippen LogP contribution >= 0.6 is 11.6 Å². The zero-order valence-electron chi connectivity index (χ0n) is 17.6. The Labute approximate surface area is 191 Å². The molecule has 0 aromatic heterocycles. The van der Waals surface area contributed by atoms with Crippen LogP contribution in [0.15, 0.2) is 48.2 Å². The Kier molecular flexibility index (Phi) is 7.42. The molecular formula is C22H23ClN2O6S. The zero-order valence-corrected chi connectivity index (χ0v) is 19.1. The van der Waals surface area contributed by atoms with Crippen LogP contribution in [0.25, 0.3) is 6.08 Å². The summed E-state index contributed by atoms with van der Waals surface area (Å²) in [6.45, 7) is 0. The summed E-state index contributed by atoms with van der Waals surface area (Å²) in [6, 6.07) is 10.7. The quantitative estimate of drug-likeness (QED) is 0.591. The van der Waals surface area contributed by atoms with Crippen molar-refractivity contribution in [2.75, 3.05) is 25.7 Å². The first kappa shape index (κ1) is 23.6. The highest BCUT2D eigenvalue weighted by atomic mass is 35.5. The van der Waals surface area contributed by atoms with Crippen molar-refractivity contribution in [2.45, 2.75) is 12.5 Å². The Hall–Kier alpha value is -3.04. The van der Waals surface area contributed by atoms with Crippen LogP contribution in [0, 0.1) is 0 Å². The van der Waals surface area contributed by atoms with E-state index in [1.165, 1.54) is 32.4 Å². The maximum absolute atomic E-state index is 12.9. The minimum atomic E-state index is -3.18. The Balaban J connectivity index is 1.89. The van der Waals surface area contributed by atoms with Gasteiger partial charge in [-0.2, -0.15) is 0 Å². The fourth-order valence-electron chi connectivity index (χ4n) is 3.24. The minimum Gasteiger partial charge on any atom is -0.493 e. The van der Waals surface area contributed by atoms with Gasteiger partial charge in [0.15, 0.2) is 21.3 Å². The molecule has 2 amide bonds. The molecule has 1 saturated heterocycles. The number of halogens is 1. The largest absolute Gasteiger partial charge is 0.493 e. The number of methoxy groups -OCH3 is 2. The Morgan fingerprint density at radius 3 is 2.34 bits per heavy atom. The van der Waals surface area contributed by atoms with Crippen LogP contribution in [0.5, 0.6) is 11.5 Å². The van der Waals surface area contributed by atoms with Gasteiger partial charge >= 0.3 is 0 Å². The lowest BCUT2D eigenvalue weighted by atomic mass is 10.1. The molecule has 0 aliphatic carbocycles. The highest BCUT2D eigenvalue weighted by Crippen LogP contribution is 2.28. The lowest BCUT2D eigenvalue weighted by Gasteiger charge is -2.15. The first-order chi connectivity index (χ1) is 15.2. The molecule has 32 heavy (non-hydrogen) atoms. The van der Waals surface area contributed by atoms with Crippen LogP contribution in [-0.2, 0) is 14.6 Å². The number of hydrogen-bond donors (Lipinski definition) is 2. The summed E-state index contributed by atoms with van der Waals surface area (Å²) in [5, 5.41) is 5.78. The topological polar surface area (TPSA) is 111 Å². The number of benzene rings is 2. The van der Waals surface area contributed by atoms with Crippen molar-refractivity contribution in [3.05, 3.63) is 64.3 Å². The molecule has 3 rings (SSSR count). The van der Waals surface area contributed by atoms with Crippen LogP contribution < -0.4 is 20.1 Å². The predicted octanol–water partition coefficient (Wildman–Crippen LogP) is 2.43. The maximum Gasteiger partial charge on any atom is 0.268 e. The monoisotopic (exact) mass is 478 g/mol. The van der Waals surface area contributed by atoms with Gasteiger partial charge in [-0.3, -0.25) is 9.59 Å². The molecule has 0 unspecified atom stereocenters.